The second-order valence-electron chi connectivity index (χ2n) is 5.19. The summed E-state index contributed by atoms with van der Waals surface area (Å²) < 4.78 is 38.2. The van der Waals surface area contributed by atoms with Crippen LogP contribution in [0.4, 0.5) is 10.1 Å². The van der Waals surface area contributed by atoms with Crippen LogP contribution in [-0.2, 0) is 10.0 Å². The van der Waals surface area contributed by atoms with Gasteiger partial charge in [-0.2, -0.15) is 5.10 Å². The first kappa shape index (κ1) is 19.0. The van der Waals surface area contributed by atoms with Gasteiger partial charge in [0.15, 0.2) is 5.11 Å². The number of benzene rings is 2. The molecular formula is C16H17FN4O2S2. The van der Waals surface area contributed by atoms with Crippen molar-refractivity contribution >= 4 is 39.3 Å². The number of rotatable bonds is 5. The molecule has 0 fully saturated rings. The molecular weight excluding hydrogens is 363 g/mol. The molecule has 0 aliphatic rings. The summed E-state index contributed by atoms with van der Waals surface area (Å²) >= 11 is 5.10. The number of hydrogen-bond acceptors (Lipinski definition) is 4. The summed E-state index contributed by atoms with van der Waals surface area (Å²) in [5.41, 5.74) is 3.83. The van der Waals surface area contributed by atoms with E-state index in [1.807, 2.05) is 0 Å². The monoisotopic (exact) mass is 380 g/mol. The summed E-state index contributed by atoms with van der Waals surface area (Å²) in [6.45, 7) is 0. The molecule has 0 saturated heterocycles. The third kappa shape index (κ3) is 5.31. The van der Waals surface area contributed by atoms with Gasteiger partial charge in [0.25, 0.3) is 0 Å². The topological polar surface area (TPSA) is 73.8 Å². The zero-order valence-corrected chi connectivity index (χ0v) is 15.2. The highest BCUT2D eigenvalue weighted by Gasteiger charge is 2.17. The van der Waals surface area contributed by atoms with Crippen LogP contribution in [0.3, 0.4) is 0 Å². The lowest BCUT2D eigenvalue weighted by Crippen LogP contribution is -2.25. The third-order valence-electron chi connectivity index (χ3n) is 3.12. The highest BCUT2D eigenvalue weighted by molar-refractivity contribution is 7.89. The molecule has 0 aliphatic carbocycles. The predicted octanol–water partition coefficient (Wildman–Crippen LogP) is 2.40. The van der Waals surface area contributed by atoms with Crippen molar-refractivity contribution in [1.29, 1.82) is 0 Å². The van der Waals surface area contributed by atoms with E-state index in [1.54, 1.807) is 24.3 Å². The second kappa shape index (κ2) is 8.15. The Morgan fingerprint density at radius 2 is 1.88 bits per heavy atom. The van der Waals surface area contributed by atoms with Crippen LogP contribution in [0.25, 0.3) is 0 Å². The molecule has 0 heterocycles. The summed E-state index contributed by atoms with van der Waals surface area (Å²) in [6, 6.07) is 12.1. The Balaban J connectivity index is 2.00. The number of nitrogens with one attached hydrogen (secondary N) is 2. The Kier molecular flexibility index (Phi) is 6.18. The molecule has 2 rings (SSSR count). The van der Waals surface area contributed by atoms with Gasteiger partial charge in [-0.25, -0.2) is 17.1 Å². The maximum Gasteiger partial charge on any atom is 0.242 e. The summed E-state index contributed by atoms with van der Waals surface area (Å²) in [4.78, 5) is 0.153. The lowest BCUT2D eigenvalue weighted by atomic mass is 10.2. The lowest BCUT2D eigenvalue weighted by molar-refractivity contribution is 0.521. The van der Waals surface area contributed by atoms with Crippen molar-refractivity contribution < 1.29 is 12.8 Å². The van der Waals surface area contributed by atoms with E-state index in [0.717, 1.165) is 4.31 Å². The van der Waals surface area contributed by atoms with Crippen molar-refractivity contribution in [3.8, 4) is 0 Å². The normalized spacial score (nSPS) is 11.7. The Hall–Kier alpha value is -2.36. The van der Waals surface area contributed by atoms with Gasteiger partial charge in [0.1, 0.15) is 5.82 Å². The molecule has 6 nitrogen and oxygen atoms in total. The van der Waals surface area contributed by atoms with Crippen molar-refractivity contribution in [2.24, 2.45) is 5.10 Å². The fourth-order valence-corrected chi connectivity index (χ4v) is 2.94. The van der Waals surface area contributed by atoms with Crippen LogP contribution in [0.15, 0.2) is 58.5 Å². The summed E-state index contributed by atoms with van der Waals surface area (Å²) in [5.74, 6) is -0.324. The SMILES string of the molecule is CN(C)S(=O)(=O)c1cccc(NC(=S)N/N=C\c2ccc(F)cc2)c1. The third-order valence-corrected chi connectivity index (χ3v) is 5.12. The van der Waals surface area contributed by atoms with E-state index in [1.165, 1.54) is 44.6 Å². The standard InChI is InChI=1S/C16H17FN4O2S2/c1-21(2)25(22,23)15-5-3-4-14(10-15)19-16(24)20-18-11-12-6-8-13(17)9-7-12/h3-11H,1-2H3,(H2,19,20,24)/b18-11-. The van der Waals surface area contributed by atoms with Crippen LogP contribution in [0.2, 0.25) is 0 Å². The van der Waals surface area contributed by atoms with Crippen LogP contribution in [0.5, 0.6) is 0 Å². The molecule has 0 atom stereocenters. The number of halogens is 1. The first-order valence-corrected chi connectivity index (χ1v) is 9.02. The minimum atomic E-state index is -3.52. The van der Waals surface area contributed by atoms with Gasteiger partial charge < -0.3 is 5.32 Å². The van der Waals surface area contributed by atoms with E-state index in [9.17, 15) is 12.8 Å². The smallest absolute Gasteiger partial charge is 0.242 e. The van der Waals surface area contributed by atoms with Crippen LogP contribution in [-0.4, -0.2) is 38.1 Å². The van der Waals surface area contributed by atoms with Crippen LogP contribution in [0, 0.1) is 5.82 Å². The molecule has 2 N–H and O–H groups in total. The number of nitrogens with zero attached hydrogens (tertiary/aromatic N) is 2. The first-order chi connectivity index (χ1) is 11.8. The van der Waals surface area contributed by atoms with Crippen molar-refractivity contribution in [2.45, 2.75) is 4.90 Å². The van der Waals surface area contributed by atoms with Crippen LogP contribution in [0.1, 0.15) is 5.56 Å². The molecule has 0 bridgehead atoms. The highest BCUT2D eigenvalue weighted by Crippen LogP contribution is 2.17. The van der Waals surface area contributed by atoms with E-state index < -0.39 is 10.0 Å². The van der Waals surface area contributed by atoms with Gasteiger partial charge in [-0.3, -0.25) is 5.43 Å². The Bertz CT molecular complexity index is 881. The minimum absolute atomic E-state index is 0.153. The summed E-state index contributed by atoms with van der Waals surface area (Å²) in [6.07, 6.45) is 1.49. The van der Waals surface area contributed by atoms with Crippen molar-refractivity contribution in [3.05, 3.63) is 59.9 Å². The molecule has 0 saturated carbocycles. The van der Waals surface area contributed by atoms with Gasteiger partial charge in [-0.05, 0) is 48.1 Å². The zero-order valence-electron chi connectivity index (χ0n) is 13.6. The fourth-order valence-electron chi connectivity index (χ4n) is 1.82. The Morgan fingerprint density at radius 1 is 1.20 bits per heavy atom. The molecule has 0 radical (unpaired) electrons. The first-order valence-electron chi connectivity index (χ1n) is 7.17. The zero-order chi connectivity index (χ0) is 18.4. The molecule has 0 amide bonds. The van der Waals surface area contributed by atoms with Crippen molar-refractivity contribution in [3.63, 3.8) is 0 Å². The number of anilines is 1. The van der Waals surface area contributed by atoms with Crippen LogP contribution < -0.4 is 10.7 Å². The molecule has 0 unspecified atom stereocenters. The van der Waals surface area contributed by atoms with Gasteiger partial charge in [0, 0.05) is 19.8 Å². The van der Waals surface area contributed by atoms with Gasteiger partial charge in [0.2, 0.25) is 10.0 Å². The van der Waals surface area contributed by atoms with Gasteiger partial charge in [-0.1, -0.05) is 18.2 Å². The maximum atomic E-state index is 12.8. The number of hydrazone groups is 1. The molecule has 9 heteroatoms. The molecule has 0 aromatic heterocycles. The van der Waals surface area contributed by atoms with Crippen molar-refractivity contribution in [2.75, 3.05) is 19.4 Å². The molecule has 2 aromatic rings. The summed E-state index contributed by atoms with van der Waals surface area (Å²) in [5, 5.41) is 6.98. The minimum Gasteiger partial charge on any atom is -0.331 e. The second-order valence-corrected chi connectivity index (χ2v) is 7.75. The molecule has 0 spiro atoms. The Morgan fingerprint density at radius 3 is 2.52 bits per heavy atom. The Labute approximate surface area is 151 Å². The highest BCUT2D eigenvalue weighted by atomic mass is 32.2. The fraction of sp³-hybridized carbons (Fsp3) is 0.125. The van der Waals surface area contributed by atoms with Gasteiger partial charge in [-0.15, -0.1) is 0 Å². The largest absolute Gasteiger partial charge is 0.331 e. The van der Waals surface area contributed by atoms with Crippen LogP contribution >= 0.6 is 12.2 Å². The summed E-state index contributed by atoms with van der Waals surface area (Å²) in [7, 11) is -0.594. The number of thiocarbonyl (C=S) groups is 1. The van der Waals surface area contributed by atoms with E-state index in [-0.39, 0.29) is 15.8 Å². The maximum absolute atomic E-state index is 12.8. The quantitative estimate of drug-likeness (QED) is 0.473. The average Bonchev–Trinajstić information content (AvgIpc) is 2.56. The van der Waals surface area contributed by atoms with Gasteiger partial charge >= 0.3 is 0 Å². The number of sulfonamides is 1. The van der Waals surface area contributed by atoms with Gasteiger partial charge in [0.05, 0.1) is 11.1 Å². The molecule has 2 aromatic carbocycles. The molecule has 25 heavy (non-hydrogen) atoms. The van der Waals surface area contributed by atoms with Crippen molar-refractivity contribution in [1.82, 2.24) is 9.73 Å². The molecule has 0 aliphatic heterocycles. The van der Waals surface area contributed by atoms with E-state index in [4.69, 9.17) is 12.2 Å². The predicted molar refractivity (Wildman–Crippen MR) is 101 cm³/mol. The van der Waals surface area contributed by atoms with E-state index in [0.29, 0.717) is 11.3 Å². The van der Waals surface area contributed by atoms with E-state index in [2.05, 4.69) is 15.8 Å². The van der Waals surface area contributed by atoms with E-state index >= 15 is 0 Å². The lowest BCUT2D eigenvalue weighted by Gasteiger charge is -2.13. The molecule has 132 valence electrons. The number of hydrogen-bond donors (Lipinski definition) is 2. The average molecular weight is 380 g/mol.